The minimum absolute atomic E-state index is 1.01. The van der Waals surface area contributed by atoms with Gasteiger partial charge in [-0.15, -0.1) is 0 Å². The molecule has 0 aliphatic heterocycles. The maximum absolute atomic E-state index is 4.60. The molecule has 0 saturated carbocycles. The summed E-state index contributed by atoms with van der Waals surface area (Å²) >= 11 is 0. The zero-order valence-corrected chi connectivity index (χ0v) is 13.0. The highest BCUT2D eigenvalue weighted by atomic mass is 14.7. The molecular weight excluding hydrogens is 278 g/mol. The van der Waals surface area contributed by atoms with Crippen LogP contribution in [0.2, 0.25) is 0 Å². The van der Waals surface area contributed by atoms with Gasteiger partial charge in [0.2, 0.25) is 0 Å². The van der Waals surface area contributed by atoms with Gasteiger partial charge in [0.25, 0.3) is 0 Å². The van der Waals surface area contributed by atoms with Crippen molar-refractivity contribution in [3.05, 3.63) is 90.6 Å². The Morgan fingerprint density at radius 1 is 0.652 bits per heavy atom. The first kappa shape index (κ1) is 13.7. The Morgan fingerprint density at radius 2 is 1.39 bits per heavy atom. The SMILES string of the molecule is Cc1cnc(-c2ccccc2)cc1-c1ccc2ccccc2c1. The molecule has 3 aromatic carbocycles. The zero-order valence-electron chi connectivity index (χ0n) is 13.0. The van der Waals surface area contributed by atoms with Crippen molar-refractivity contribution in [1.29, 1.82) is 0 Å². The second kappa shape index (κ2) is 5.69. The molecule has 0 saturated heterocycles. The summed E-state index contributed by atoms with van der Waals surface area (Å²) in [6, 6.07) is 27.6. The van der Waals surface area contributed by atoms with E-state index < -0.39 is 0 Å². The molecule has 0 radical (unpaired) electrons. The molecule has 1 heterocycles. The number of pyridine rings is 1. The number of aromatic nitrogens is 1. The summed E-state index contributed by atoms with van der Waals surface area (Å²) in [7, 11) is 0. The minimum atomic E-state index is 1.01. The van der Waals surface area contributed by atoms with E-state index in [4.69, 9.17) is 0 Å². The first-order valence-corrected chi connectivity index (χ1v) is 7.82. The van der Waals surface area contributed by atoms with Crippen LogP contribution in [-0.2, 0) is 0 Å². The van der Waals surface area contributed by atoms with Gasteiger partial charge in [-0.3, -0.25) is 4.98 Å². The van der Waals surface area contributed by atoms with Gasteiger partial charge in [0, 0.05) is 11.8 Å². The Labute approximate surface area is 136 Å². The summed E-state index contributed by atoms with van der Waals surface area (Å²) in [6.07, 6.45) is 1.97. The summed E-state index contributed by atoms with van der Waals surface area (Å²) in [5.41, 5.74) is 5.83. The smallest absolute Gasteiger partial charge is 0.0708 e. The van der Waals surface area contributed by atoms with Crippen molar-refractivity contribution in [2.75, 3.05) is 0 Å². The predicted octanol–water partition coefficient (Wildman–Crippen LogP) is 5.88. The maximum atomic E-state index is 4.60. The Balaban J connectivity index is 1.86. The van der Waals surface area contributed by atoms with Crippen LogP contribution in [0.25, 0.3) is 33.2 Å². The molecule has 0 N–H and O–H groups in total. The van der Waals surface area contributed by atoms with E-state index in [1.54, 1.807) is 0 Å². The summed E-state index contributed by atoms with van der Waals surface area (Å²) in [5, 5.41) is 2.54. The van der Waals surface area contributed by atoms with E-state index in [0.29, 0.717) is 0 Å². The van der Waals surface area contributed by atoms with E-state index in [-0.39, 0.29) is 0 Å². The van der Waals surface area contributed by atoms with Crippen LogP contribution < -0.4 is 0 Å². The fraction of sp³-hybridized carbons (Fsp3) is 0.0455. The average Bonchev–Trinajstić information content (AvgIpc) is 2.62. The first-order chi connectivity index (χ1) is 11.3. The summed E-state index contributed by atoms with van der Waals surface area (Å²) < 4.78 is 0. The van der Waals surface area contributed by atoms with Crippen molar-refractivity contribution in [3.8, 4) is 22.4 Å². The van der Waals surface area contributed by atoms with Crippen LogP contribution >= 0.6 is 0 Å². The molecule has 0 aliphatic carbocycles. The van der Waals surface area contributed by atoms with Gasteiger partial charge in [-0.2, -0.15) is 0 Å². The Bertz CT molecular complexity index is 971. The molecular formula is C22H17N. The topological polar surface area (TPSA) is 12.9 Å². The van der Waals surface area contributed by atoms with Gasteiger partial charge >= 0.3 is 0 Å². The fourth-order valence-electron chi connectivity index (χ4n) is 2.96. The molecule has 1 heteroatoms. The highest BCUT2D eigenvalue weighted by Crippen LogP contribution is 2.29. The summed E-state index contributed by atoms with van der Waals surface area (Å²) in [4.78, 5) is 4.60. The van der Waals surface area contributed by atoms with Crippen LogP contribution in [0, 0.1) is 6.92 Å². The monoisotopic (exact) mass is 295 g/mol. The standard InChI is InChI=1S/C22H17N/c1-16-15-23-22(18-8-3-2-4-9-18)14-21(16)20-12-11-17-7-5-6-10-19(17)13-20/h2-15H,1H3. The number of benzene rings is 3. The fourth-order valence-corrected chi connectivity index (χ4v) is 2.96. The van der Waals surface area contributed by atoms with Crippen molar-refractivity contribution >= 4 is 10.8 Å². The lowest BCUT2D eigenvalue weighted by Crippen LogP contribution is -1.89. The van der Waals surface area contributed by atoms with Gasteiger partial charge in [-0.05, 0) is 46.5 Å². The quantitative estimate of drug-likeness (QED) is 0.450. The molecule has 0 bridgehead atoms. The molecule has 0 fully saturated rings. The summed E-state index contributed by atoms with van der Waals surface area (Å²) in [6.45, 7) is 2.12. The Morgan fingerprint density at radius 3 is 2.22 bits per heavy atom. The van der Waals surface area contributed by atoms with Crippen molar-refractivity contribution in [2.45, 2.75) is 6.92 Å². The van der Waals surface area contributed by atoms with Gasteiger partial charge in [0.15, 0.2) is 0 Å². The Hall–Kier alpha value is -2.93. The average molecular weight is 295 g/mol. The van der Waals surface area contributed by atoms with Gasteiger partial charge in [-0.25, -0.2) is 0 Å². The third-order valence-corrected chi connectivity index (χ3v) is 4.23. The number of nitrogens with zero attached hydrogens (tertiary/aromatic N) is 1. The lowest BCUT2D eigenvalue weighted by Gasteiger charge is -2.10. The van der Waals surface area contributed by atoms with E-state index in [1.165, 1.54) is 27.5 Å². The number of aryl methyl sites for hydroxylation is 1. The molecule has 4 aromatic rings. The van der Waals surface area contributed by atoms with Crippen LogP contribution in [0.1, 0.15) is 5.56 Å². The van der Waals surface area contributed by atoms with Gasteiger partial charge in [-0.1, -0.05) is 66.7 Å². The molecule has 4 rings (SSSR count). The van der Waals surface area contributed by atoms with Crippen molar-refractivity contribution in [1.82, 2.24) is 4.98 Å². The van der Waals surface area contributed by atoms with Crippen LogP contribution in [0.5, 0.6) is 0 Å². The number of hydrogen-bond donors (Lipinski definition) is 0. The van der Waals surface area contributed by atoms with E-state index >= 15 is 0 Å². The highest BCUT2D eigenvalue weighted by molar-refractivity contribution is 5.88. The summed E-state index contributed by atoms with van der Waals surface area (Å²) in [5.74, 6) is 0. The van der Waals surface area contributed by atoms with Crippen LogP contribution in [-0.4, -0.2) is 4.98 Å². The maximum Gasteiger partial charge on any atom is 0.0708 e. The van der Waals surface area contributed by atoms with Crippen molar-refractivity contribution in [2.24, 2.45) is 0 Å². The third kappa shape index (κ3) is 2.62. The molecule has 0 unspecified atom stereocenters. The predicted molar refractivity (Wildman–Crippen MR) is 97.4 cm³/mol. The second-order valence-electron chi connectivity index (χ2n) is 5.81. The van der Waals surface area contributed by atoms with Gasteiger partial charge in [0.1, 0.15) is 0 Å². The van der Waals surface area contributed by atoms with Crippen LogP contribution in [0.4, 0.5) is 0 Å². The lowest BCUT2D eigenvalue weighted by molar-refractivity contribution is 1.27. The Kier molecular flexibility index (Phi) is 3.39. The molecule has 0 amide bonds. The minimum Gasteiger partial charge on any atom is -0.256 e. The van der Waals surface area contributed by atoms with Gasteiger partial charge < -0.3 is 0 Å². The number of fused-ring (bicyclic) bond motifs is 1. The van der Waals surface area contributed by atoms with Gasteiger partial charge in [0.05, 0.1) is 5.69 Å². The zero-order chi connectivity index (χ0) is 15.6. The molecule has 0 spiro atoms. The molecule has 110 valence electrons. The molecule has 23 heavy (non-hydrogen) atoms. The van der Waals surface area contributed by atoms with Crippen LogP contribution in [0.15, 0.2) is 85.1 Å². The molecule has 1 nitrogen and oxygen atoms in total. The van der Waals surface area contributed by atoms with E-state index in [1.807, 2.05) is 24.4 Å². The second-order valence-corrected chi connectivity index (χ2v) is 5.81. The number of rotatable bonds is 2. The molecule has 1 aromatic heterocycles. The number of hydrogen-bond acceptors (Lipinski definition) is 1. The molecule has 0 atom stereocenters. The van der Waals surface area contributed by atoms with E-state index in [9.17, 15) is 0 Å². The first-order valence-electron chi connectivity index (χ1n) is 7.82. The van der Waals surface area contributed by atoms with Crippen LogP contribution in [0.3, 0.4) is 0 Å². The van der Waals surface area contributed by atoms with Crippen molar-refractivity contribution in [3.63, 3.8) is 0 Å². The largest absolute Gasteiger partial charge is 0.256 e. The highest BCUT2D eigenvalue weighted by Gasteiger charge is 2.07. The van der Waals surface area contributed by atoms with E-state index in [2.05, 4.69) is 72.6 Å². The third-order valence-electron chi connectivity index (χ3n) is 4.23. The van der Waals surface area contributed by atoms with Crippen molar-refractivity contribution < 1.29 is 0 Å². The molecule has 0 aliphatic rings. The van der Waals surface area contributed by atoms with E-state index in [0.717, 1.165) is 11.3 Å². The normalized spacial score (nSPS) is 10.8. The lowest BCUT2D eigenvalue weighted by atomic mass is 9.97.